The van der Waals surface area contributed by atoms with Crippen molar-refractivity contribution in [2.24, 2.45) is 11.3 Å². The van der Waals surface area contributed by atoms with Gasteiger partial charge in [-0.1, -0.05) is 64.6 Å². The van der Waals surface area contributed by atoms with Gasteiger partial charge in [-0.25, -0.2) is 0 Å². The van der Waals surface area contributed by atoms with Crippen LogP contribution in [0.4, 0.5) is 0 Å². The minimum atomic E-state index is -4.05. The van der Waals surface area contributed by atoms with Gasteiger partial charge in [0.05, 0.1) is 4.90 Å². The van der Waals surface area contributed by atoms with Crippen LogP contribution < -0.4 is 0 Å². The number of alkyl halides is 3. The van der Waals surface area contributed by atoms with Gasteiger partial charge in [-0.15, -0.1) is 0 Å². The maximum absolute atomic E-state index is 12.3. The van der Waals surface area contributed by atoms with E-state index in [0.29, 0.717) is 0 Å². The average Bonchev–Trinajstić information content (AvgIpc) is 2.41. The molecule has 0 radical (unpaired) electrons. The molecule has 1 aromatic rings. The topological polar surface area (TPSA) is 60.4 Å². The van der Waals surface area contributed by atoms with Gasteiger partial charge in [0.1, 0.15) is 6.10 Å². The van der Waals surface area contributed by atoms with Crippen LogP contribution in [0.1, 0.15) is 20.3 Å². The molecule has 0 saturated heterocycles. The molecule has 0 N–H and O–H groups in total. The summed E-state index contributed by atoms with van der Waals surface area (Å²) in [5.74, 6) is -0.942. The molecule has 1 aliphatic carbocycles. The van der Waals surface area contributed by atoms with Crippen LogP contribution in [0.2, 0.25) is 0 Å². The Morgan fingerprint density at radius 3 is 2.17 bits per heavy atom. The lowest BCUT2D eigenvalue weighted by atomic mass is 9.58. The van der Waals surface area contributed by atoms with Crippen LogP contribution in [0.25, 0.3) is 0 Å². The van der Waals surface area contributed by atoms with Crippen LogP contribution in [0, 0.1) is 11.3 Å². The van der Waals surface area contributed by atoms with Gasteiger partial charge in [0.2, 0.25) is 0 Å². The van der Waals surface area contributed by atoms with Crippen LogP contribution in [-0.2, 0) is 19.1 Å². The Balaban J connectivity index is 2.18. The number of halogens is 4. The first-order valence-electron chi connectivity index (χ1n) is 6.64. The molecular formula is C14H14BrCl3O4S. The molecule has 0 spiro atoms. The van der Waals surface area contributed by atoms with E-state index >= 15 is 0 Å². The molecule has 1 fully saturated rings. The lowest BCUT2D eigenvalue weighted by Gasteiger charge is -2.49. The van der Waals surface area contributed by atoms with Gasteiger partial charge in [0.15, 0.2) is 9.58 Å². The first-order chi connectivity index (χ1) is 10.3. The van der Waals surface area contributed by atoms with Crippen molar-refractivity contribution in [3.8, 4) is 0 Å². The quantitative estimate of drug-likeness (QED) is 0.486. The molecule has 0 bridgehead atoms. The van der Waals surface area contributed by atoms with Gasteiger partial charge >= 0.3 is 0 Å². The smallest absolute Gasteiger partial charge is 0.296 e. The van der Waals surface area contributed by atoms with Gasteiger partial charge in [-0.2, -0.15) is 8.42 Å². The predicted molar refractivity (Wildman–Crippen MR) is 93.4 cm³/mol. The molecule has 2 rings (SSSR count). The van der Waals surface area contributed by atoms with Crippen molar-refractivity contribution >= 4 is 66.6 Å². The van der Waals surface area contributed by atoms with Gasteiger partial charge < -0.3 is 0 Å². The number of carbonyl (C=O) groups is 1. The summed E-state index contributed by atoms with van der Waals surface area (Å²) in [5.41, 5.74) is -0.747. The zero-order valence-electron chi connectivity index (χ0n) is 12.2. The molecular weight excluding hydrogens is 450 g/mol. The molecule has 1 aromatic carbocycles. The van der Waals surface area contributed by atoms with E-state index in [1.54, 1.807) is 26.0 Å². The molecule has 0 heterocycles. The van der Waals surface area contributed by atoms with Gasteiger partial charge in [-0.3, -0.25) is 8.98 Å². The lowest BCUT2D eigenvalue weighted by molar-refractivity contribution is -0.161. The van der Waals surface area contributed by atoms with Crippen LogP contribution in [0.15, 0.2) is 33.6 Å². The summed E-state index contributed by atoms with van der Waals surface area (Å²) in [6.07, 6.45) is -1.07. The fourth-order valence-electron chi connectivity index (χ4n) is 2.55. The SMILES string of the molecule is CC1(C)[C@H](OS(=O)(=O)c2ccc(Br)cc2)C(=O)[C@@H]1CC(Cl)(Cl)Cl. The van der Waals surface area contributed by atoms with Crippen molar-refractivity contribution in [3.05, 3.63) is 28.7 Å². The third-order valence-corrected chi connectivity index (χ3v) is 6.22. The second kappa shape index (κ2) is 6.46. The summed E-state index contributed by atoms with van der Waals surface area (Å²) in [6, 6.07) is 5.95. The highest BCUT2D eigenvalue weighted by atomic mass is 79.9. The van der Waals surface area contributed by atoms with Crippen molar-refractivity contribution < 1.29 is 17.4 Å². The molecule has 0 amide bonds. The molecule has 4 nitrogen and oxygen atoms in total. The largest absolute Gasteiger partial charge is 0.297 e. The summed E-state index contributed by atoms with van der Waals surface area (Å²) in [5, 5.41) is 0. The summed E-state index contributed by atoms with van der Waals surface area (Å²) in [7, 11) is -4.05. The normalized spacial score (nSPS) is 24.3. The molecule has 23 heavy (non-hydrogen) atoms. The van der Waals surface area contributed by atoms with Gasteiger partial charge in [0, 0.05) is 22.2 Å². The lowest BCUT2D eigenvalue weighted by Crippen LogP contribution is -2.61. The van der Waals surface area contributed by atoms with E-state index in [9.17, 15) is 13.2 Å². The van der Waals surface area contributed by atoms with E-state index < -0.39 is 31.3 Å². The maximum atomic E-state index is 12.3. The molecule has 0 unspecified atom stereocenters. The van der Waals surface area contributed by atoms with Crippen molar-refractivity contribution in [2.45, 2.75) is 35.1 Å². The maximum Gasteiger partial charge on any atom is 0.297 e. The molecule has 128 valence electrons. The van der Waals surface area contributed by atoms with Crippen molar-refractivity contribution in [1.29, 1.82) is 0 Å². The van der Waals surface area contributed by atoms with Crippen LogP contribution >= 0.6 is 50.7 Å². The summed E-state index contributed by atoms with van der Waals surface area (Å²) < 4.78 is 28.9. The third kappa shape index (κ3) is 4.22. The van der Waals surface area contributed by atoms with Gasteiger partial charge in [-0.05, 0) is 24.3 Å². The number of Topliss-reactive ketones (excluding diaryl/α,β-unsaturated/α-hetero) is 1. The van der Waals surface area contributed by atoms with Crippen molar-refractivity contribution in [1.82, 2.24) is 0 Å². The number of benzene rings is 1. The Labute approximate surface area is 158 Å². The minimum Gasteiger partial charge on any atom is -0.296 e. The zero-order valence-corrected chi connectivity index (χ0v) is 16.9. The first kappa shape index (κ1) is 19.5. The third-order valence-electron chi connectivity index (χ3n) is 3.94. The predicted octanol–water partition coefficient (Wildman–Crippen LogP) is 4.51. The Morgan fingerprint density at radius 2 is 1.74 bits per heavy atom. The van der Waals surface area contributed by atoms with Crippen LogP contribution in [0.5, 0.6) is 0 Å². The monoisotopic (exact) mass is 462 g/mol. The molecule has 1 saturated carbocycles. The van der Waals surface area contributed by atoms with Crippen LogP contribution in [0.3, 0.4) is 0 Å². The van der Waals surface area contributed by atoms with Crippen LogP contribution in [-0.4, -0.2) is 24.1 Å². The standard InChI is InChI=1S/C14H14BrCl3O4S/c1-13(2)10(7-14(16,17)18)11(19)12(13)22-23(20,21)9-5-3-8(15)4-6-9/h3-6,10,12H,7H2,1-2H3/t10-,12+/m0/s1. The van der Waals surface area contributed by atoms with Crippen molar-refractivity contribution in [2.75, 3.05) is 0 Å². The summed E-state index contributed by atoms with van der Waals surface area (Å²) in [6.45, 7) is 3.44. The zero-order chi connectivity index (χ0) is 17.6. The minimum absolute atomic E-state index is 0.0156. The fourth-order valence-corrected chi connectivity index (χ4v) is 4.46. The summed E-state index contributed by atoms with van der Waals surface area (Å²) in [4.78, 5) is 12.2. The average molecular weight is 465 g/mol. The Kier molecular flexibility index (Phi) is 5.47. The number of hydrogen-bond donors (Lipinski definition) is 0. The first-order valence-corrected chi connectivity index (χ1v) is 9.97. The highest BCUT2D eigenvalue weighted by Gasteiger charge is 2.60. The van der Waals surface area contributed by atoms with E-state index in [2.05, 4.69) is 15.9 Å². The molecule has 1 aliphatic rings. The Morgan fingerprint density at radius 1 is 1.22 bits per heavy atom. The van der Waals surface area contributed by atoms with Gasteiger partial charge in [0.25, 0.3) is 10.1 Å². The number of hydrogen-bond acceptors (Lipinski definition) is 4. The second-order valence-corrected chi connectivity index (χ2v) is 11.0. The summed E-state index contributed by atoms with van der Waals surface area (Å²) >= 11 is 20.4. The van der Waals surface area contributed by atoms with E-state index in [1.807, 2.05) is 0 Å². The molecule has 9 heteroatoms. The van der Waals surface area contributed by atoms with E-state index in [0.717, 1.165) is 4.47 Å². The number of carbonyl (C=O) groups excluding carboxylic acids is 1. The Bertz CT molecular complexity index is 711. The second-order valence-electron chi connectivity index (χ2n) is 5.98. The van der Waals surface area contributed by atoms with E-state index in [-0.39, 0.29) is 17.1 Å². The van der Waals surface area contributed by atoms with Crippen molar-refractivity contribution in [3.63, 3.8) is 0 Å². The number of ketones is 1. The highest BCUT2D eigenvalue weighted by Crippen LogP contribution is 2.52. The highest BCUT2D eigenvalue weighted by molar-refractivity contribution is 9.10. The molecule has 2 atom stereocenters. The molecule has 0 aliphatic heterocycles. The van der Waals surface area contributed by atoms with E-state index in [4.69, 9.17) is 39.0 Å². The Hall–Kier alpha value is 0.150. The fraction of sp³-hybridized carbons (Fsp3) is 0.500. The van der Waals surface area contributed by atoms with E-state index in [1.165, 1.54) is 12.1 Å². The molecule has 0 aromatic heterocycles. The number of rotatable bonds is 4.